The summed E-state index contributed by atoms with van der Waals surface area (Å²) >= 11 is 3.22. The van der Waals surface area contributed by atoms with E-state index in [0.29, 0.717) is 29.4 Å². The van der Waals surface area contributed by atoms with Crippen molar-refractivity contribution in [3.8, 4) is 0 Å². The van der Waals surface area contributed by atoms with Crippen molar-refractivity contribution in [3.05, 3.63) is 22.6 Å². The van der Waals surface area contributed by atoms with Crippen LogP contribution in [-0.4, -0.2) is 48.9 Å². The molecule has 1 aromatic heterocycles. The Labute approximate surface area is 156 Å². The van der Waals surface area contributed by atoms with Gasteiger partial charge in [0.15, 0.2) is 10.4 Å². The van der Waals surface area contributed by atoms with E-state index in [1.54, 1.807) is 12.1 Å². The Morgan fingerprint density at radius 2 is 2.17 bits per heavy atom. The van der Waals surface area contributed by atoms with E-state index in [2.05, 4.69) is 26.6 Å². The van der Waals surface area contributed by atoms with E-state index < -0.39 is 0 Å². The van der Waals surface area contributed by atoms with Gasteiger partial charge in [-0.25, -0.2) is 0 Å². The maximum atomic E-state index is 12.4. The van der Waals surface area contributed by atoms with E-state index in [1.165, 1.54) is 0 Å². The fraction of sp³-hybridized carbons (Fsp3) is 0.625. The molecule has 6 nitrogen and oxygen atoms in total. The lowest BCUT2D eigenvalue weighted by molar-refractivity contribution is -0.123. The molecule has 0 radical (unpaired) electrons. The zero-order valence-corrected chi connectivity index (χ0v) is 15.8. The van der Waals surface area contributed by atoms with Gasteiger partial charge in [0, 0.05) is 19.6 Å². The van der Waals surface area contributed by atoms with Gasteiger partial charge in [0.2, 0.25) is 5.91 Å². The number of hydrogen-bond donors (Lipinski definition) is 2. The molecule has 24 heavy (non-hydrogen) atoms. The zero-order chi connectivity index (χ0) is 16.2. The third-order valence-electron chi connectivity index (χ3n) is 4.53. The molecule has 0 saturated carbocycles. The van der Waals surface area contributed by atoms with Crippen molar-refractivity contribution in [1.82, 2.24) is 15.5 Å². The fourth-order valence-corrected chi connectivity index (χ4v) is 3.58. The Bertz CT molecular complexity index is 575. The molecule has 0 bridgehead atoms. The van der Waals surface area contributed by atoms with Gasteiger partial charge < -0.3 is 20.0 Å². The summed E-state index contributed by atoms with van der Waals surface area (Å²) in [5.41, 5.74) is 0. The van der Waals surface area contributed by atoms with Gasteiger partial charge in [0.25, 0.3) is 5.91 Å². The summed E-state index contributed by atoms with van der Waals surface area (Å²) in [6.45, 7) is 2.95. The summed E-state index contributed by atoms with van der Waals surface area (Å²) < 4.78 is 5.91. The van der Waals surface area contributed by atoms with Crippen molar-refractivity contribution in [2.24, 2.45) is 5.92 Å². The molecule has 2 aliphatic rings. The molecular weight excluding hydrogens is 398 g/mol. The SMILES string of the molecule is Cl.O=C(NCC1CCCN(C(=O)c2ccc(Br)o2)C1)C1CCCN1. The first-order valence-corrected chi connectivity index (χ1v) is 8.98. The maximum Gasteiger partial charge on any atom is 0.289 e. The summed E-state index contributed by atoms with van der Waals surface area (Å²) in [5.74, 6) is 0.665. The Morgan fingerprint density at radius 3 is 2.83 bits per heavy atom. The van der Waals surface area contributed by atoms with E-state index in [-0.39, 0.29) is 30.3 Å². The number of carbonyl (C=O) groups excluding carboxylic acids is 2. The van der Waals surface area contributed by atoms with Crippen LogP contribution in [0.2, 0.25) is 0 Å². The van der Waals surface area contributed by atoms with Gasteiger partial charge in [-0.15, -0.1) is 12.4 Å². The quantitative estimate of drug-likeness (QED) is 0.783. The van der Waals surface area contributed by atoms with Crippen LogP contribution >= 0.6 is 28.3 Å². The minimum Gasteiger partial charge on any atom is -0.444 e. The molecule has 8 heteroatoms. The molecule has 2 fully saturated rings. The fourth-order valence-electron chi connectivity index (χ4n) is 3.28. The van der Waals surface area contributed by atoms with E-state index in [0.717, 1.165) is 38.8 Å². The molecule has 2 saturated heterocycles. The number of furan rings is 1. The number of carbonyl (C=O) groups is 2. The number of nitrogens with one attached hydrogen (secondary N) is 2. The third-order valence-corrected chi connectivity index (χ3v) is 4.96. The predicted octanol–water partition coefficient (Wildman–Crippen LogP) is 2.18. The average molecular weight is 421 g/mol. The lowest BCUT2D eigenvalue weighted by Crippen LogP contribution is -2.46. The second kappa shape index (κ2) is 8.87. The van der Waals surface area contributed by atoms with Crippen LogP contribution in [0.15, 0.2) is 21.2 Å². The van der Waals surface area contributed by atoms with Crippen LogP contribution in [0.1, 0.15) is 36.2 Å². The van der Waals surface area contributed by atoms with Crippen molar-refractivity contribution in [2.45, 2.75) is 31.7 Å². The molecule has 3 rings (SSSR count). The van der Waals surface area contributed by atoms with E-state index in [1.807, 2.05) is 4.90 Å². The third kappa shape index (κ3) is 4.74. The van der Waals surface area contributed by atoms with Crippen LogP contribution in [0.25, 0.3) is 0 Å². The van der Waals surface area contributed by atoms with E-state index >= 15 is 0 Å². The normalized spacial score (nSPS) is 23.6. The Hall–Kier alpha value is -1.05. The van der Waals surface area contributed by atoms with Crippen molar-refractivity contribution in [1.29, 1.82) is 0 Å². The van der Waals surface area contributed by atoms with Gasteiger partial charge in [-0.1, -0.05) is 0 Å². The number of piperidine rings is 1. The highest BCUT2D eigenvalue weighted by molar-refractivity contribution is 9.10. The molecular formula is C16H23BrClN3O3. The standard InChI is InChI=1S/C16H22BrN3O3.ClH/c17-14-6-5-13(23-14)16(22)20-8-2-3-11(10-20)9-19-15(21)12-4-1-7-18-12;/h5-6,11-12,18H,1-4,7-10H2,(H,19,21);1H. The van der Waals surface area contributed by atoms with Crippen molar-refractivity contribution in [2.75, 3.05) is 26.2 Å². The number of hydrogen-bond acceptors (Lipinski definition) is 4. The van der Waals surface area contributed by atoms with Gasteiger partial charge >= 0.3 is 0 Å². The number of likely N-dealkylation sites (tertiary alicyclic amines) is 1. The topological polar surface area (TPSA) is 74.6 Å². The molecule has 2 unspecified atom stereocenters. The van der Waals surface area contributed by atoms with Crippen LogP contribution in [0.3, 0.4) is 0 Å². The van der Waals surface area contributed by atoms with Crippen LogP contribution in [0.5, 0.6) is 0 Å². The molecule has 2 N–H and O–H groups in total. The van der Waals surface area contributed by atoms with Gasteiger partial charge in [0.05, 0.1) is 6.04 Å². The molecule has 0 spiro atoms. The molecule has 2 aliphatic heterocycles. The average Bonchev–Trinajstić information content (AvgIpc) is 3.24. The van der Waals surface area contributed by atoms with Crippen molar-refractivity contribution >= 4 is 40.2 Å². The van der Waals surface area contributed by atoms with E-state index in [9.17, 15) is 9.59 Å². The molecule has 3 heterocycles. The first-order valence-electron chi connectivity index (χ1n) is 8.19. The Balaban J connectivity index is 0.00000208. The first kappa shape index (κ1) is 19.3. The second-order valence-corrected chi connectivity index (χ2v) is 7.04. The molecule has 0 aliphatic carbocycles. The van der Waals surface area contributed by atoms with E-state index in [4.69, 9.17) is 4.42 Å². The van der Waals surface area contributed by atoms with Crippen LogP contribution in [0, 0.1) is 5.92 Å². The lowest BCUT2D eigenvalue weighted by Gasteiger charge is -2.32. The maximum absolute atomic E-state index is 12.4. The van der Waals surface area contributed by atoms with Gasteiger partial charge in [-0.2, -0.15) is 0 Å². The number of amides is 2. The van der Waals surface area contributed by atoms with Crippen LogP contribution < -0.4 is 10.6 Å². The molecule has 134 valence electrons. The van der Waals surface area contributed by atoms with Crippen molar-refractivity contribution < 1.29 is 14.0 Å². The second-order valence-electron chi connectivity index (χ2n) is 6.26. The van der Waals surface area contributed by atoms with Gasteiger partial charge in [0.1, 0.15) is 0 Å². The zero-order valence-electron chi connectivity index (χ0n) is 13.4. The van der Waals surface area contributed by atoms with Gasteiger partial charge in [-0.05, 0) is 66.2 Å². The summed E-state index contributed by atoms with van der Waals surface area (Å²) in [5, 5.41) is 6.23. The highest BCUT2D eigenvalue weighted by Gasteiger charge is 2.27. The minimum atomic E-state index is -0.0795. The smallest absolute Gasteiger partial charge is 0.289 e. The Kier molecular flexibility index (Phi) is 7.13. The first-order chi connectivity index (χ1) is 11.1. The molecule has 2 atom stereocenters. The van der Waals surface area contributed by atoms with Crippen LogP contribution in [-0.2, 0) is 4.79 Å². The van der Waals surface area contributed by atoms with Crippen LogP contribution in [0.4, 0.5) is 0 Å². The van der Waals surface area contributed by atoms with Gasteiger partial charge in [-0.3, -0.25) is 9.59 Å². The number of halogens is 2. The highest BCUT2D eigenvalue weighted by Crippen LogP contribution is 2.21. The van der Waals surface area contributed by atoms with Crippen molar-refractivity contribution in [3.63, 3.8) is 0 Å². The Morgan fingerprint density at radius 1 is 1.33 bits per heavy atom. The summed E-state index contributed by atoms with van der Waals surface area (Å²) in [6.07, 6.45) is 3.96. The lowest BCUT2D eigenvalue weighted by atomic mass is 9.97. The predicted molar refractivity (Wildman–Crippen MR) is 96.3 cm³/mol. The molecule has 1 aromatic rings. The highest BCUT2D eigenvalue weighted by atomic mass is 79.9. The minimum absolute atomic E-state index is 0. The summed E-state index contributed by atoms with van der Waals surface area (Å²) in [4.78, 5) is 26.3. The largest absolute Gasteiger partial charge is 0.444 e. The molecule has 2 amide bonds. The summed E-state index contributed by atoms with van der Waals surface area (Å²) in [6, 6.07) is 3.37. The molecule has 0 aromatic carbocycles. The number of rotatable bonds is 4. The number of nitrogens with zero attached hydrogens (tertiary/aromatic N) is 1. The monoisotopic (exact) mass is 419 g/mol. The summed E-state index contributed by atoms with van der Waals surface area (Å²) in [7, 11) is 0.